The maximum Gasteiger partial charge on any atom is 0.314 e. The zero-order valence-electron chi connectivity index (χ0n) is 14.6. The van der Waals surface area contributed by atoms with E-state index in [1.807, 2.05) is 12.1 Å². The molecule has 4 heteroatoms. The molecule has 0 heterocycles. The summed E-state index contributed by atoms with van der Waals surface area (Å²) >= 11 is 0. The van der Waals surface area contributed by atoms with Crippen molar-refractivity contribution in [3.63, 3.8) is 0 Å². The van der Waals surface area contributed by atoms with Gasteiger partial charge in [-0.05, 0) is 61.1 Å². The Morgan fingerprint density at radius 3 is 2.46 bits per heavy atom. The van der Waals surface area contributed by atoms with Crippen LogP contribution in [0.25, 0.3) is 0 Å². The Morgan fingerprint density at radius 2 is 1.88 bits per heavy atom. The van der Waals surface area contributed by atoms with Crippen molar-refractivity contribution in [2.24, 2.45) is 11.3 Å². The standard InChI is InChI=1S/C20H26O4/c1-12(2)13-5-7-15-14(11-13)6-8-16-19(3,17(21)22)9-4-10-20(15,16)18(23)24/h5,7,11-12,16H,4,6,8-10H2,1-3H3,(H,21,22)(H,23,24)/t16-,19+,20-/m0/s1. The summed E-state index contributed by atoms with van der Waals surface area (Å²) in [5.41, 5.74) is 1.13. The van der Waals surface area contributed by atoms with Crippen molar-refractivity contribution in [1.29, 1.82) is 0 Å². The highest BCUT2D eigenvalue weighted by Gasteiger charge is 2.61. The molecule has 0 radical (unpaired) electrons. The van der Waals surface area contributed by atoms with Crippen molar-refractivity contribution in [3.8, 4) is 0 Å². The topological polar surface area (TPSA) is 74.6 Å². The summed E-state index contributed by atoms with van der Waals surface area (Å²) in [6, 6.07) is 6.11. The summed E-state index contributed by atoms with van der Waals surface area (Å²) in [6.07, 6.45) is 3.12. The highest BCUT2D eigenvalue weighted by molar-refractivity contribution is 5.86. The maximum absolute atomic E-state index is 12.4. The van der Waals surface area contributed by atoms with Crippen LogP contribution >= 0.6 is 0 Å². The smallest absolute Gasteiger partial charge is 0.314 e. The summed E-state index contributed by atoms with van der Waals surface area (Å²) in [6.45, 7) is 6.00. The molecule has 1 aromatic carbocycles. The van der Waals surface area contributed by atoms with Crippen LogP contribution in [-0.2, 0) is 21.4 Å². The lowest BCUT2D eigenvalue weighted by Gasteiger charge is -2.52. The Bertz CT molecular complexity index is 693. The molecule has 0 bridgehead atoms. The summed E-state index contributed by atoms with van der Waals surface area (Å²) in [5.74, 6) is -1.69. The fraction of sp³-hybridized carbons (Fsp3) is 0.600. The van der Waals surface area contributed by atoms with Crippen LogP contribution in [0.15, 0.2) is 18.2 Å². The Kier molecular flexibility index (Phi) is 3.97. The van der Waals surface area contributed by atoms with E-state index in [4.69, 9.17) is 0 Å². The molecule has 0 aliphatic heterocycles. The highest BCUT2D eigenvalue weighted by Crippen LogP contribution is 2.57. The van der Waals surface area contributed by atoms with Gasteiger partial charge in [0.2, 0.25) is 0 Å². The van der Waals surface area contributed by atoms with Crippen molar-refractivity contribution in [1.82, 2.24) is 0 Å². The minimum absolute atomic E-state index is 0.355. The van der Waals surface area contributed by atoms with Gasteiger partial charge in [-0.15, -0.1) is 0 Å². The van der Waals surface area contributed by atoms with E-state index in [1.54, 1.807) is 6.92 Å². The molecular formula is C20H26O4. The lowest BCUT2D eigenvalue weighted by molar-refractivity contribution is -0.165. The number of fused-ring (bicyclic) bond motifs is 3. The van der Waals surface area contributed by atoms with E-state index in [2.05, 4.69) is 19.9 Å². The molecule has 0 saturated heterocycles. The van der Waals surface area contributed by atoms with Crippen LogP contribution < -0.4 is 0 Å². The van der Waals surface area contributed by atoms with Crippen LogP contribution in [0.2, 0.25) is 0 Å². The predicted molar refractivity (Wildman–Crippen MR) is 91.2 cm³/mol. The summed E-state index contributed by atoms with van der Waals surface area (Å²) in [5, 5.41) is 20.0. The van der Waals surface area contributed by atoms with Gasteiger partial charge in [0.15, 0.2) is 0 Å². The molecule has 130 valence electrons. The number of aryl methyl sites for hydroxylation is 1. The largest absolute Gasteiger partial charge is 0.481 e. The van der Waals surface area contributed by atoms with Crippen molar-refractivity contribution in [2.45, 2.75) is 64.2 Å². The molecule has 0 amide bonds. The van der Waals surface area contributed by atoms with E-state index in [9.17, 15) is 19.8 Å². The van der Waals surface area contributed by atoms with Gasteiger partial charge in [-0.1, -0.05) is 38.5 Å². The SMILES string of the molecule is CC(C)c1ccc2c(c1)CC[C@H]1[C@](C)(C(=O)O)CCC[C@]21C(=O)O. The van der Waals surface area contributed by atoms with Crippen LogP contribution in [0.5, 0.6) is 0 Å². The van der Waals surface area contributed by atoms with E-state index in [0.717, 1.165) is 17.5 Å². The predicted octanol–water partition coefficient (Wildman–Crippen LogP) is 3.97. The third-order valence-corrected chi connectivity index (χ3v) is 6.48. The van der Waals surface area contributed by atoms with Crippen molar-refractivity contribution >= 4 is 11.9 Å². The number of benzene rings is 1. The molecule has 24 heavy (non-hydrogen) atoms. The molecule has 1 fully saturated rings. The Labute approximate surface area is 142 Å². The second-order valence-electron chi connectivity index (χ2n) is 8.02. The molecule has 1 saturated carbocycles. The molecule has 0 spiro atoms. The van der Waals surface area contributed by atoms with Gasteiger partial charge in [-0.3, -0.25) is 9.59 Å². The first-order valence-corrected chi connectivity index (χ1v) is 8.83. The molecule has 2 aliphatic rings. The van der Waals surface area contributed by atoms with Gasteiger partial charge in [-0.2, -0.15) is 0 Å². The Balaban J connectivity index is 2.19. The summed E-state index contributed by atoms with van der Waals surface area (Å²) in [4.78, 5) is 24.4. The number of carbonyl (C=O) groups is 2. The van der Waals surface area contributed by atoms with Crippen molar-refractivity contribution in [3.05, 3.63) is 34.9 Å². The fourth-order valence-electron chi connectivity index (χ4n) is 5.06. The van der Waals surface area contributed by atoms with E-state index in [1.165, 1.54) is 5.56 Å². The van der Waals surface area contributed by atoms with Gasteiger partial charge in [0.05, 0.1) is 10.8 Å². The van der Waals surface area contributed by atoms with Gasteiger partial charge in [-0.25, -0.2) is 0 Å². The average Bonchev–Trinajstić information content (AvgIpc) is 2.53. The Morgan fingerprint density at radius 1 is 1.17 bits per heavy atom. The average molecular weight is 330 g/mol. The fourth-order valence-corrected chi connectivity index (χ4v) is 5.06. The Hall–Kier alpha value is -1.84. The maximum atomic E-state index is 12.4. The van der Waals surface area contributed by atoms with Crippen molar-refractivity contribution < 1.29 is 19.8 Å². The van der Waals surface area contributed by atoms with Gasteiger partial charge in [0, 0.05) is 0 Å². The van der Waals surface area contributed by atoms with E-state index < -0.39 is 22.8 Å². The van der Waals surface area contributed by atoms with Gasteiger partial charge in [0.25, 0.3) is 0 Å². The zero-order chi connectivity index (χ0) is 17.7. The first kappa shape index (κ1) is 17.0. The molecule has 2 aliphatic carbocycles. The van der Waals surface area contributed by atoms with E-state index >= 15 is 0 Å². The number of aliphatic carboxylic acids is 2. The van der Waals surface area contributed by atoms with Crippen LogP contribution in [-0.4, -0.2) is 22.2 Å². The van der Waals surface area contributed by atoms with Gasteiger partial charge >= 0.3 is 11.9 Å². The third-order valence-electron chi connectivity index (χ3n) is 6.48. The number of carboxylic acids is 2. The van der Waals surface area contributed by atoms with Crippen molar-refractivity contribution in [2.75, 3.05) is 0 Å². The third kappa shape index (κ3) is 2.19. The first-order chi connectivity index (χ1) is 11.2. The highest BCUT2D eigenvalue weighted by atomic mass is 16.4. The minimum atomic E-state index is -1.06. The molecule has 4 nitrogen and oxygen atoms in total. The molecular weight excluding hydrogens is 304 g/mol. The molecule has 0 aromatic heterocycles. The number of rotatable bonds is 3. The lowest BCUT2D eigenvalue weighted by atomic mass is 9.49. The van der Waals surface area contributed by atoms with Crippen LogP contribution in [0.4, 0.5) is 0 Å². The molecule has 3 rings (SSSR count). The van der Waals surface area contributed by atoms with E-state index in [-0.39, 0.29) is 5.92 Å². The number of carboxylic acid groups (broad SMARTS) is 2. The minimum Gasteiger partial charge on any atom is -0.481 e. The van der Waals surface area contributed by atoms with Gasteiger partial charge < -0.3 is 10.2 Å². The number of hydrogen-bond acceptors (Lipinski definition) is 2. The van der Waals surface area contributed by atoms with Crippen LogP contribution in [0.1, 0.15) is 69.1 Å². The normalized spacial score (nSPS) is 32.1. The quantitative estimate of drug-likeness (QED) is 0.879. The lowest BCUT2D eigenvalue weighted by Crippen LogP contribution is -2.57. The molecule has 3 atom stereocenters. The monoisotopic (exact) mass is 330 g/mol. The van der Waals surface area contributed by atoms with E-state index in [0.29, 0.717) is 31.6 Å². The second-order valence-corrected chi connectivity index (χ2v) is 8.02. The summed E-state index contributed by atoms with van der Waals surface area (Å²) in [7, 11) is 0. The summed E-state index contributed by atoms with van der Waals surface area (Å²) < 4.78 is 0. The van der Waals surface area contributed by atoms with Gasteiger partial charge in [0.1, 0.15) is 0 Å². The first-order valence-electron chi connectivity index (χ1n) is 8.83. The second kappa shape index (κ2) is 5.61. The van der Waals surface area contributed by atoms with Crippen LogP contribution in [0, 0.1) is 11.3 Å². The number of hydrogen-bond donors (Lipinski definition) is 2. The van der Waals surface area contributed by atoms with Crippen LogP contribution in [0.3, 0.4) is 0 Å². The molecule has 1 aromatic rings. The molecule has 2 N–H and O–H groups in total. The zero-order valence-corrected chi connectivity index (χ0v) is 14.6. The molecule has 0 unspecified atom stereocenters.